The van der Waals surface area contributed by atoms with Crippen LogP contribution in [0.1, 0.15) is 61.7 Å². The molecular weight excluding hydrogens is 362 g/mol. The van der Waals surface area contributed by atoms with Crippen molar-refractivity contribution in [2.24, 2.45) is 11.7 Å². The molecule has 2 unspecified atom stereocenters. The van der Waals surface area contributed by atoms with E-state index in [0.29, 0.717) is 31.1 Å². The summed E-state index contributed by atoms with van der Waals surface area (Å²) >= 11 is 0. The lowest BCUT2D eigenvalue weighted by atomic mass is 9.84. The zero-order valence-corrected chi connectivity index (χ0v) is 16.7. The van der Waals surface area contributed by atoms with Crippen LogP contribution in [0.5, 0.6) is 0 Å². The summed E-state index contributed by atoms with van der Waals surface area (Å²) in [5.74, 6) is 0.0833. The standard InChI is InChI=1S/C20H31N3O3S/c21-15-17-8-3-4-11-19(17)22-20(24)16-9-7-10-18(14-16)27(25,26)23-12-5-1-2-6-13-23/h7,9-10,14,17,19H,1-6,8,11-13,15,21H2,(H,22,24). The fraction of sp³-hybridized carbons (Fsp3) is 0.650. The molecule has 27 heavy (non-hydrogen) atoms. The minimum atomic E-state index is -3.56. The fourth-order valence-corrected chi connectivity index (χ4v) is 5.72. The minimum absolute atomic E-state index is 0.0714. The van der Waals surface area contributed by atoms with E-state index in [2.05, 4.69) is 5.32 Å². The van der Waals surface area contributed by atoms with Gasteiger partial charge in [-0.25, -0.2) is 8.42 Å². The van der Waals surface area contributed by atoms with Gasteiger partial charge < -0.3 is 11.1 Å². The number of benzene rings is 1. The van der Waals surface area contributed by atoms with Crippen molar-refractivity contribution in [3.05, 3.63) is 29.8 Å². The number of hydrogen-bond donors (Lipinski definition) is 2. The molecule has 1 aromatic carbocycles. The van der Waals surface area contributed by atoms with Crippen molar-refractivity contribution >= 4 is 15.9 Å². The average Bonchev–Trinajstić information content (AvgIpc) is 2.98. The quantitative estimate of drug-likeness (QED) is 0.804. The number of nitrogens with two attached hydrogens (primary N) is 1. The lowest BCUT2D eigenvalue weighted by Crippen LogP contribution is -2.44. The summed E-state index contributed by atoms with van der Waals surface area (Å²) in [5.41, 5.74) is 6.24. The maximum absolute atomic E-state index is 13.0. The van der Waals surface area contributed by atoms with E-state index in [9.17, 15) is 13.2 Å². The highest BCUT2D eigenvalue weighted by molar-refractivity contribution is 7.89. The zero-order chi connectivity index (χ0) is 19.3. The molecule has 0 spiro atoms. The topological polar surface area (TPSA) is 92.5 Å². The molecule has 1 amide bonds. The Hall–Kier alpha value is -1.44. The van der Waals surface area contributed by atoms with E-state index in [-0.39, 0.29) is 16.8 Å². The average molecular weight is 394 g/mol. The first-order chi connectivity index (χ1) is 13.0. The predicted octanol–water partition coefficient (Wildman–Crippen LogP) is 2.50. The Morgan fingerprint density at radius 1 is 1.07 bits per heavy atom. The first kappa shape index (κ1) is 20.3. The van der Waals surface area contributed by atoms with E-state index < -0.39 is 10.0 Å². The molecule has 3 rings (SSSR count). The van der Waals surface area contributed by atoms with Gasteiger partial charge in [0.2, 0.25) is 10.0 Å². The van der Waals surface area contributed by atoms with Gasteiger partial charge >= 0.3 is 0 Å². The summed E-state index contributed by atoms with van der Waals surface area (Å²) in [7, 11) is -3.56. The van der Waals surface area contributed by atoms with Crippen LogP contribution in [0, 0.1) is 5.92 Å². The Kier molecular flexibility index (Phi) is 6.89. The number of nitrogens with zero attached hydrogens (tertiary/aromatic N) is 1. The third-order valence-electron chi connectivity index (χ3n) is 5.83. The van der Waals surface area contributed by atoms with Crippen LogP contribution >= 0.6 is 0 Å². The van der Waals surface area contributed by atoms with Crippen LogP contribution < -0.4 is 11.1 Å². The Labute approximate surface area is 162 Å². The van der Waals surface area contributed by atoms with Crippen molar-refractivity contribution < 1.29 is 13.2 Å². The summed E-state index contributed by atoms with van der Waals surface area (Å²) in [4.78, 5) is 12.9. The van der Waals surface area contributed by atoms with Crippen molar-refractivity contribution in [3.8, 4) is 0 Å². The van der Waals surface area contributed by atoms with Gasteiger partial charge in [0.25, 0.3) is 5.91 Å². The second-order valence-electron chi connectivity index (χ2n) is 7.71. The fourth-order valence-electron chi connectivity index (χ4n) is 4.16. The van der Waals surface area contributed by atoms with E-state index in [4.69, 9.17) is 5.73 Å². The normalized spacial score (nSPS) is 24.9. The Balaban J connectivity index is 1.75. The Bertz CT molecular complexity index is 743. The molecule has 1 heterocycles. The summed E-state index contributed by atoms with van der Waals surface area (Å²) in [5, 5.41) is 3.08. The molecule has 1 saturated heterocycles. The Morgan fingerprint density at radius 2 is 1.78 bits per heavy atom. The predicted molar refractivity (Wildman–Crippen MR) is 106 cm³/mol. The lowest BCUT2D eigenvalue weighted by Gasteiger charge is -2.31. The number of sulfonamides is 1. The van der Waals surface area contributed by atoms with E-state index in [1.807, 2.05) is 0 Å². The SMILES string of the molecule is NCC1CCCCC1NC(=O)c1cccc(S(=O)(=O)N2CCCCCC2)c1. The van der Waals surface area contributed by atoms with Crippen LogP contribution in [0.4, 0.5) is 0 Å². The van der Waals surface area contributed by atoms with Crippen molar-refractivity contribution in [3.63, 3.8) is 0 Å². The second kappa shape index (κ2) is 9.17. The molecule has 1 saturated carbocycles. The molecule has 2 aliphatic rings. The van der Waals surface area contributed by atoms with E-state index in [1.54, 1.807) is 22.5 Å². The molecule has 0 aromatic heterocycles. The molecular formula is C20H31N3O3S. The van der Waals surface area contributed by atoms with Gasteiger partial charge in [0.1, 0.15) is 0 Å². The summed E-state index contributed by atoms with van der Waals surface area (Å²) in [6, 6.07) is 6.50. The molecule has 3 N–H and O–H groups in total. The van der Waals surface area contributed by atoms with Crippen molar-refractivity contribution in [1.82, 2.24) is 9.62 Å². The number of rotatable bonds is 5. The molecule has 1 aromatic rings. The van der Waals surface area contributed by atoms with Crippen LogP contribution in [-0.4, -0.2) is 44.3 Å². The molecule has 0 bridgehead atoms. The summed E-state index contributed by atoms with van der Waals surface area (Å²) < 4.78 is 27.5. The molecule has 150 valence electrons. The zero-order valence-electron chi connectivity index (χ0n) is 15.9. The van der Waals surface area contributed by atoms with Gasteiger partial charge in [-0.3, -0.25) is 4.79 Å². The van der Waals surface area contributed by atoms with Gasteiger partial charge in [-0.1, -0.05) is 31.7 Å². The highest BCUT2D eigenvalue weighted by atomic mass is 32.2. The van der Waals surface area contributed by atoms with E-state index in [1.165, 1.54) is 6.07 Å². The van der Waals surface area contributed by atoms with Crippen LogP contribution in [0.15, 0.2) is 29.2 Å². The summed E-state index contributed by atoms with van der Waals surface area (Å²) in [6.07, 6.45) is 8.12. The van der Waals surface area contributed by atoms with Gasteiger partial charge in [-0.15, -0.1) is 0 Å². The van der Waals surface area contributed by atoms with Crippen molar-refractivity contribution in [1.29, 1.82) is 0 Å². The van der Waals surface area contributed by atoms with Gasteiger partial charge in [-0.05, 0) is 56.3 Å². The molecule has 0 radical (unpaired) electrons. The van der Waals surface area contributed by atoms with Gasteiger partial charge in [0, 0.05) is 24.7 Å². The molecule has 7 heteroatoms. The minimum Gasteiger partial charge on any atom is -0.349 e. The van der Waals surface area contributed by atoms with Crippen LogP contribution in [0.2, 0.25) is 0 Å². The van der Waals surface area contributed by atoms with E-state index in [0.717, 1.165) is 51.4 Å². The van der Waals surface area contributed by atoms with Crippen LogP contribution in [-0.2, 0) is 10.0 Å². The molecule has 6 nitrogen and oxygen atoms in total. The van der Waals surface area contributed by atoms with Crippen LogP contribution in [0.3, 0.4) is 0 Å². The highest BCUT2D eigenvalue weighted by Crippen LogP contribution is 2.25. The van der Waals surface area contributed by atoms with Gasteiger partial charge in [0.15, 0.2) is 0 Å². The van der Waals surface area contributed by atoms with Gasteiger partial charge in [0.05, 0.1) is 4.90 Å². The van der Waals surface area contributed by atoms with E-state index >= 15 is 0 Å². The van der Waals surface area contributed by atoms with Crippen molar-refractivity contribution in [2.75, 3.05) is 19.6 Å². The molecule has 1 aliphatic carbocycles. The first-order valence-corrected chi connectivity index (χ1v) is 11.6. The summed E-state index contributed by atoms with van der Waals surface area (Å²) in [6.45, 7) is 1.67. The monoisotopic (exact) mass is 393 g/mol. The number of hydrogen-bond acceptors (Lipinski definition) is 4. The Morgan fingerprint density at radius 3 is 2.48 bits per heavy atom. The third kappa shape index (κ3) is 4.89. The molecule has 2 atom stereocenters. The third-order valence-corrected chi connectivity index (χ3v) is 7.72. The second-order valence-corrected chi connectivity index (χ2v) is 9.64. The maximum Gasteiger partial charge on any atom is 0.251 e. The lowest BCUT2D eigenvalue weighted by molar-refractivity contribution is 0.0908. The molecule has 2 fully saturated rings. The highest BCUT2D eigenvalue weighted by Gasteiger charge is 2.28. The number of carbonyl (C=O) groups excluding carboxylic acids is 1. The van der Waals surface area contributed by atoms with Crippen molar-refractivity contribution in [2.45, 2.75) is 62.3 Å². The molecule has 1 aliphatic heterocycles. The smallest absolute Gasteiger partial charge is 0.251 e. The number of amides is 1. The largest absolute Gasteiger partial charge is 0.349 e. The number of carbonyl (C=O) groups is 1. The van der Waals surface area contributed by atoms with Crippen LogP contribution in [0.25, 0.3) is 0 Å². The maximum atomic E-state index is 13.0. The first-order valence-electron chi connectivity index (χ1n) is 10.1. The number of nitrogens with one attached hydrogen (secondary N) is 1. The van der Waals surface area contributed by atoms with Gasteiger partial charge in [-0.2, -0.15) is 4.31 Å².